The van der Waals surface area contributed by atoms with Crippen LogP contribution in [0.3, 0.4) is 0 Å². The lowest BCUT2D eigenvalue weighted by atomic mass is 9.88. The molecule has 0 bridgehead atoms. The van der Waals surface area contributed by atoms with E-state index in [9.17, 15) is 4.79 Å². The first-order chi connectivity index (χ1) is 7.72. The summed E-state index contributed by atoms with van der Waals surface area (Å²) in [5, 5.41) is 0. The molecule has 1 aromatic carbocycles. The van der Waals surface area contributed by atoms with Crippen molar-refractivity contribution in [1.82, 2.24) is 0 Å². The van der Waals surface area contributed by atoms with Gasteiger partial charge in [0.25, 0.3) is 0 Å². The van der Waals surface area contributed by atoms with Gasteiger partial charge in [0.15, 0.2) is 0 Å². The van der Waals surface area contributed by atoms with E-state index in [2.05, 4.69) is 13.0 Å². The first-order valence-electron chi connectivity index (χ1n) is 6.11. The summed E-state index contributed by atoms with van der Waals surface area (Å²) in [7, 11) is 0. The molecule has 16 heavy (non-hydrogen) atoms. The number of carbonyl (C=O) groups is 1. The van der Waals surface area contributed by atoms with Crippen molar-refractivity contribution in [2.45, 2.75) is 38.5 Å². The molecule has 0 saturated heterocycles. The smallest absolute Gasteiger partial charge is 0.248 e. The molecule has 1 saturated carbocycles. The fraction of sp³-hybridized carbons (Fsp3) is 0.500. The van der Waals surface area contributed by atoms with Crippen molar-refractivity contribution < 1.29 is 4.79 Å². The van der Waals surface area contributed by atoms with E-state index in [-0.39, 0.29) is 5.91 Å². The first kappa shape index (κ1) is 11.2. The van der Waals surface area contributed by atoms with Gasteiger partial charge < -0.3 is 5.73 Å². The maximum Gasteiger partial charge on any atom is 0.248 e. The number of nitrogens with two attached hydrogens (primary N) is 1. The van der Waals surface area contributed by atoms with Crippen LogP contribution in [0.1, 0.15) is 54.4 Å². The van der Waals surface area contributed by atoms with Crippen LogP contribution in [0.2, 0.25) is 0 Å². The predicted molar refractivity (Wildman–Crippen MR) is 65.3 cm³/mol. The van der Waals surface area contributed by atoms with Gasteiger partial charge in [0, 0.05) is 5.56 Å². The number of hydrogen-bond acceptors (Lipinski definition) is 1. The van der Waals surface area contributed by atoms with Crippen molar-refractivity contribution in [3.63, 3.8) is 0 Å². The van der Waals surface area contributed by atoms with Crippen molar-refractivity contribution in [2.75, 3.05) is 0 Å². The third-order valence-electron chi connectivity index (χ3n) is 3.47. The van der Waals surface area contributed by atoms with Crippen molar-refractivity contribution in [3.8, 4) is 0 Å². The van der Waals surface area contributed by atoms with Crippen molar-refractivity contribution in [2.24, 2.45) is 11.7 Å². The SMILES string of the molecule is CCC(CC1CC1)c1ccccc1C(N)=O. The van der Waals surface area contributed by atoms with Crippen LogP contribution in [0, 0.1) is 5.92 Å². The minimum Gasteiger partial charge on any atom is -0.366 e. The van der Waals surface area contributed by atoms with Crippen LogP contribution in [-0.2, 0) is 0 Å². The molecular formula is C14H19NO. The van der Waals surface area contributed by atoms with Crippen LogP contribution >= 0.6 is 0 Å². The highest BCUT2D eigenvalue weighted by molar-refractivity contribution is 5.94. The van der Waals surface area contributed by atoms with E-state index in [1.165, 1.54) is 19.3 Å². The first-order valence-corrected chi connectivity index (χ1v) is 6.11. The molecule has 1 aliphatic rings. The van der Waals surface area contributed by atoms with Gasteiger partial charge in [-0.25, -0.2) is 0 Å². The Morgan fingerprint density at radius 2 is 2.12 bits per heavy atom. The third-order valence-corrected chi connectivity index (χ3v) is 3.47. The monoisotopic (exact) mass is 217 g/mol. The molecule has 0 aliphatic heterocycles. The standard InChI is InChI=1S/C14H19NO/c1-2-11(9-10-7-8-10)12-5-3-4-6-13(12)14(15)16/h3-6,10-11H,2,7-9H2,1H3,(H2,15,16). The van der Waals surface area contributed by atoms with Gasteiger partial charge in [-0.15, -0.1) is 0 Å². The molecule has 0 aromatic heterocycles. The highest BCUT2D eigenvalue weighted by atomic mass is 16.1. The van der Waals surface area contributed by atoms with Gasteiger partial charge >= 0.3 is 0 Å². The van der Waals surface area contributed by atoms with Gasteiger partial charge in [0.2, 0.25) is 5.91 Å². The summed E-state index contributed by atoms with van der Waals surface area (Å²) in [4.78, 5) is 11.4. The van der Waals surface area contributed by atoms with Gasteiger partial charge in [-0.05, 0) is 36.3 Å². The molecule has 0 spiro atoms. The molecule has 1 aromatic rings. The van der Waals surface area contributed by atoms with Gasteiger partial charge in [-0.3, -0.25) is 4.79 Å². The van der Waals surface area contributed by atoms with Crippen LogP contribution in [0.15, 0.2) is 24.3 Å². The second kappa shape index (κ2) is 4.69. The number of amides is 1. The summed E-state index contributed by atoms with van der Waals surface area (Å²) < 4.78 is 0. The van der Waals surface area contributed by atoms with E-state index in [0.29, 0.717) is 11.5 Å². The van der Waals surface area contributed by atoms with Crippen molar-refractivity contribution in [3.05, 3.63) is 35.4 Å². The minimum atomic E-state index is -0.301. The van der Waals surface area contributed by atoms with Gasteiger partial charge in [-0.2, -0.15) is 0 Å². The van der Waals surface area contributed by atoms with Crippen molar-refractivity contribution in [1.29, 1.82) is 0 Å². The average Bonchev–Trinajstić information content (AvgIpc) is 3.09. The molecule has 0 radical (unpaired) electrons. The molecule has 2 N–H and O–H groups in total. The fourth-order valence-electron chi connectivity index (χ4n) is 2.35. The lowest BCUT2D eigenvalue weighted by Gasteiger charge is -2.17. The molecule has 1 fully saturated rings. The van der Waals surface area contributed by atoms with Gasteiger partial charge in [0.1, 0.15) is 0 Å². The molecule has 0 heterocycles. The molecule has 2 heteroatoms. The Morgan fingerprint density at radius 1 is 1.44 bits per heavy atom. The van der Waals surface area contributed by atoms with E-state index in [4.69, 9.17) is 5.73 Å². The zero-order valence-corrected chi connectivity index (χ0v) is 9.78. The normalized spacial score (nSPS) is 17.1. The maximum absolute atomic E-state index is 11.4. The Bertz CT molecular complexity index is 382. The molecule has 1 unspecified atom stereocenters. The Labute approximate surface area is 96.8 Å². The predicted octanol–water partition coefficient (Wildman–Crippen LogP) is 3.08. The number of primary amides is 1. The summed E-state index contributed by atoms with van der Waals surface area (Å²) in [5.41, 5.74) is 7.26. The molecule has 1 atom stereocenters. The second-order valence-corrected chi connectivity index (χ2v) is 4.74. The summed E-state index contributed by atoms with van der Waals surface area (Å²) in [6, 6.07) is 7.77. The zero-order valence-electron chi connectivity index (χ0n) is 9.78. The fourth-order valence-corrected chi connectivity index (χ4v) is 2.35. The van der Waals surface area contributed by atoms with E-state index < -0.39 is 0 Å². The molecule has 1 aliphatic carbocycles. The number of hydrogen-bond donors (Lipinski definition) is 1. The van der Waals surface area contributed by atoms with E-state index in [1.807, 2.05) is 18.2 Å². The minimum absolute atomic E-state index is 0.301. The molecule has 86 valence electrons. The van der Waals surface area contributed by atoms with Crippen molar-refractivity contribution >= 4 is 5.91 Å². The summed E-state index contributed by atoms with van der Waals surface area (Å²) in [6.45, 7) is 2.19. The molecule has 2 rings (SSSR count). The maximum atomic E-state index is 11.4. The number of benzene rings is 1. The summed E-state index contributed by atoms with van der Waals surface area (Å²) >= 11 is 0. The van der Waals surface area contributed by atoms with E-state index in [1.54, 1.807) is 0 Å². The van der Waals surface area contributed by atoms with Gasteiger partial charge in [-0.1, -0.05) is 38.0 Å². The molecule has 2 nitrogen and oxygen atoms in total. The van der Waals surface area contributed by atoms with Crippen LogP contribution in [-0.4, -0.2) is 5.91 Å². The van der Waals surface area contributed by atoms with Crippen LogP contribution < -0.4 is 5.73 Å². The van der Waals surface area contributed by atoms with Crippen LogP contribution in [0.25, 0.3) is 0 Å². The topological polar surface area (TPSA) is 43.1 Å². The van der Waals surface area contributed by atoms with E-state index in [0.717, 1.165) is 17.9 Å². The highest BCUT2D eigenvalue weighted by Crippen LogP contribution is 2.40. The lowest BCUT2D eigenvalue weighted by molar-refractivity contribution is 0.0999. The summed E-state index contributed by atoms with van der Waals surface area (Å²) in [6.07, 6.45) is 5.01. The zero-order chi connectivity index (χ0) is 11.5. The number of carbonyl (C=O) groups excluding carboxylic acids is 1. The van der Waals surface area contributed by atoms with Crippen LogP contribution in [0.4, 0.5) is 0 Å². The highest BCUT2D eigenvalue weighted by Gasteiger charge is 2.26. The Balaban J connectivity index is 2.24. The number of rotatable bonds is 5. The summed E-state index contributed by atoms with van der Waals surface area (Å²) in [5.74, 6) is 1.08. The third kappa shape index (κ3) is 2.43. The second-order valence-electron chi connectivity index (χ2n) is 4.74. The Morgan fingerprint density at radius 3 is 2.69 bits per heavy atom. The lowest BCUT2D eigenvalue weighted by Crippen LogP contribution is -2.15. The quantitative estimate of drug-likeness (QED) is 0.809. The van der Waals surface area contributed by atoms with Gasteiger partial charge in [0.05, 0.1) is 0 Å². The average molecular weight is 217 g/mol. The molecular weight excluding hydrogens is 198 g/mol. The van der Waals surface area contributed by atoms with Crippen LogP contribution in [0.5, 0.6) is 0 Å². The Hall–Kier alpha value is -1.31. The molecule has 1 amide bonds. The largest absolute Gasteiger partial charge is 0.366 e. The van der Waals surface area contributed by atoms with E-state index >= 15 is 0 Å². The Kier molecular flexibility index (Phi) is 3.28.